The van der Waals surface area contributed by atoms with E-state index in [2.05, 4.69) is 4.98 Å². The summed E-state index contributed by atoms with van der Waals surface area (Å²) >= 11 is 0. The summed E-state index contributed by atoms with van der Waals surface area (Å²) in [6.07, 6.45) is 10.9. The second-order valence-electron chi connectivity index (χ2n) is 8.82. The quantitative estimate of drug-likeness (QED) is 0.275. The maximum Gasteiger partial charge on any atom is 0.250 e. The number of carbonyl (C=O) groups is 1. The Morgan fingerprint density at radius 2 is 1.91 bits per heavy atom. The summed E-state index contributed by atoms with van der Waals surface area (Å²) in [4.78, 5) is 19.5. The molecule has 1 amide bonds. The zero-order valence-corrected chi connectivity index (χ0v) is 19.3. The average Bonchev–Trinajstić information content (AvgIpc) is 3.29. The Labute approximate surface area is 201 Å². The second kappa shape index (κ2) is 9.09. The molecule has 1 fully saturated rings. The number of hydrogen-bond acceptors (Lipinski definition) is 3. The highest BCUT2D eigenvalue weighted by atomic mass is 19.2. The van der Waals surface area contributed by atoms with Gasteiger partial charge in [0, 0.05) is 11.8 Å². The lowest BCUT2D eigenvalue weighted by Crippen LogP contribution is -2.47. The van der Waals surface area contributed by atoms with Gasteiger partial charge in [-0.05, 0) is 67.7 Å². The van der Waals surface area contributed by atoms with Gasteiger partial charge >= 0.3 is 0 Å². The minimum absolute atomic E-state index is 0.184. The number of piperidine rings is 1. The summed E-state index contributed by atoms with van der Waals surface area (Å²) in [6, 6.07) is 6.85. The molecule has 0 aliphatic carbocycles. The molecular weight excluding hydrogens is 455 g/mol. The maximum atomic E-state index is 13.9. The van der Waals surface area contributed by atoms with Crippen LogP contribution < -0.4 is 4.74 Å². The highest BCUT2D eigenvalue weighted by Crippen LogP contribution is 2.39. The number of ether oxygens (including phenoxy) is 1. The van der Waals surface area contributed by atoms with Gasteiger partial charge in [0.1, 0.15) is 5.75 Å². The molecule has 1 aromatic heterocycles. The van der Waals surface area contributed by atoms with Crippen LogP contribution in [0.25, 0.3) is 11.8 Å². The van der Waals surface area contributed by atoms with Crippen molar-refractivity contribution in [2.75, 3.05) is 7.11 Å². The Morgan fingerprint density at radius 1 is 1.14 bits per heavy atom. The fourth-order valence-electron chi connectivity index (χ4n) is 4.86. The van der Waals surface area contributed by atoms with E-state index in [-0.39, 0.29) is 17.5 Å². The molecule has 0 saturated carbocycles. The van der Waals surface area contributed by atoms with E-state index in [9.17, 15) is 18.0 Å². The van der Waals surface area contributed by atoms with Crippen LogP contribution in [0.2, 0.25) is 0 Å². The second-order valence-corrected chi connectivity index (χ2v) is 8.82. The first-order chi connectivity index (χ1) is 16.9. The molecule has 1 saturated heterocycles. The van der Waals surface area contributed by atoms with E-state index in [1.165, 1.54) is 0 Å². The minimum Gasteiger partial charge on any atom is -0.495 e. The zero-order chi connectivity index (χ0) is 24.7. The molecule has 5 rings (SSSR count). The van der Waals surface area contributed by atoms with Crippen molar-refractivity contribution in [3.63, 3.8) is 0 Å². The Kier molecular flexibility index (Phi) is 5.96. The fraction of sp³-hybridized carbons (Fsp3) is 0.259. The van der Waals surface area contributed by atoms with Crippen molar-refractivity contribution in [1.82, 2.24) is 14.5 Å². The van der Waals surface area contributed by atoms with Crippen molar-refractivity contribution >= 4 is 12.0 Å². The maximum absolute atomic E-state index is 13.9. The van der Waals surface area contributed by atoms with E-state index in [0.29, 0.717) is 30.6 Å². The molecule has 0 spiro atoms. The first-order valence-corrected chi connectivity index (χ1v) is 11.4. The molecule has 0 radical (unpaired) electrons. The first kappa shape index (κ1) is 23.0. The zero-order valence-electron chi connectivity index (χ0n) is 19.3. The van der Waals surface area contributed by atoms with E-state index in [1.54, 1.807) is 18.3 Å². The molecule has 2 aliphatic heterocycles. The highest BCUT2D eigenvalue weighted by Gasteiger charge is 2.38. The van der Waals surface area contributed by atoms with Gasteiger partial charge in [-0.25, -0.2) is 18.2 Å². The molecule has 2 atom stereocenters. The van der Waals surface area contributed by atoms with Crippen LogP contribution in [0.15, 0.2) is 60.6 Å². The predicted molar refractivity (Wildman–Crippen MR) is 126 cm³/mol. The lowest BCUT2D eigenvalue weighted by molar-refractivity contribution is -0.133. The number of halogens is 3. The molecular formula is C27H24F3N3O2. The van der Waals surface area contributed by atoms with E-state index in [4.69, 9.17) is 4.74 Å². The van der Waals surface area contributed by atoms with Crippen molar-refractivity contribution in [2.45, 2.75) is 38.3 Å². The summed E-state index contributed by atoms with van der Waals surface area (Å²) in [5.41, 5.74) is 3.34. The van der Waals surface area contributed by atoms with Gasteiger partial charge in [0.05, 0.1) is 36.9 Å². The molecule has 0 N–H and O–H groups in total. The number of amides is 1. The van der Waals surface area contributed by atoms with Gasteiger partial charge < -0.3 is 14.2 Å². The molecule has 35 heavy (non-hydrogen) atoms. The summed E-state index contributed by atoms with van der Waals surface area (Å²) < 4.78 is 48.9. The van der Waals surface area contributed by atoms with Crippen LogP contribution in [0, 0.1) is 24.4 Å². The van der Waals surface area contributed by atoms with Crippen LogP contribution in [0.4, 0.5) is 13.2 Å². The first-order valence-electron chi connectivity index (χ1n) is 11.4. The van der Waals surface area contributed by atoms with Gasteiger partial charge in [0.2, 0.25) is 0 Å². The average molecular weight is 480 g/mol. The van der Waals surface area contributed by atoms with Crippen molar-refractivity contribution < 1.29 is 22.7 Å². The number of aryl methyl sites for hydroxylation is 1. The number of methoxy groups -OCH3 is 1. The largest absolute Gasteiger partial charge is 0.495 e. The SMILES string of the molecule is COc1cc(C=C2CC[C@@H]3C=CC[C@@H](c4cc(F)c(F)c(F)c4)N3C2=O)ccc1-n1cnc(C)c1. The topological polar surface area (TPSA) is 47.4 Å². The molecule has 0 bridgehead atoms. The molecule has 8 heteroatoms. The number of benzene rings is 2. The highest BCUT2D eigenvalue weighted by molar-refractivity contribution is 5.99. The Balaban J connectivity index is 1.47. The number of fused-ring (bicyclic) bond motifs is 1. The van der Waals surface area contributed by atoms with Crippen molar-refractivity contribution in [1.29, 1.82) is 0 Å². The number of nitrogens with zero attached hydrogens (tertiary/aromatic N) is 3. The van der Waals surface area contributed by atoms with Gasteiger partial charge in [-0.1, -0.05) is 18.2 Å². The molecule has 0 unspecified atom stereocenters. The molecule has 2 aliphatic rings. The van der Waals surface area contributed by atoms with E-state index >= 15 is 0 Å². The summed E-state index contributed by atoms with van der Waals surface area (Å²) in [5, 5.41) is 0. The molecule has 3 aromatic rings. The van der Waals surface area contributed by atoms with Crippen LogP contribution in [0.3, 0.4) is 0 Å². The van der Waals surface area contributed by atoms with Crippen LogP contribution in [-0.4, -0.2) is 33.5 Å². The normalized spacial score (nSPS) is 20.9. The third kappa shape index (κ3) is 4.24. The van der Waals surface area contributed by atoms with Crippen molar-refractivity contribution in [2.24, 2.45) is 0 Å². The molecule has 5 nitrogen and oxygen atoms in total. The Morgan fingerprint density at radius 3 is 2.60 bits per heavy atom. The standard InChI is InChI=1S/C27H24F3N3O2/c1-16-14-32(15-31-16)24-9-6-17(11-25(24)35-2)10-18-7-8-20-4-3-5-23(33(20)27(18)34)19-12-21(28)26(30)22(29)13-19/h3-4,6,9-15,20,23H,5,7-8H2,1-2H3/t20-,23-/m0/s1. The van der Waals surface area contributed by atoms with Gasteiger partial charge in [-0.3, -0.25) is 4.79 Å². The van der Waals surface area contributed by atoms with Crippen LogP contribution in [0.5, 0.6) is 5.75 Å². The number of hydrogen-bond donors (Lipinski definition) is 0. The van der Waals surface area contributed by atoms with E-state index in [1.807, 2.05) is 54.1 Å². The van der Waals surface area contributed by atoms with Gasteiger partial charge in [-0.15, -0.1) is 0 Å². The smallest absolute Gasteiger partial charge is 0.250 e. The summed E-state index contributed by atoms with van der Waals surface area (Å²) in [7, 11) is 1.58. The van der Waals surface area contributed by atoms with Gasteiger partial charge in [-0.2, -0.15) is 0 Å². The molecule has 2 aromatic carbocycles. The summed E-state index contributed by atoms with van der Waals surface area (Å²) in [5.74, 6) is -3.59. The van der Waals surface area contributed by atoms with E-state index in [0.717, 1.165) is 29.1 Å². The molecule has 3 heterocycles. The fourth-order valence-corrected chi connectivity index (χ4v) is 4.86. The van der Waals surface area contributed by atoms with Crippen LogP contribution >= 0.6 is 0 Å². The lowest BCUT2D eigenvalue weighted by atomic mass is 9.87. The monoisotopic (exact) mass is 479 g/mol. The van der Waals surface area contributed by atoms with Crippen LogP contribution in [0.1, 0.15) is 42.1 Å². The number of imidazole rings is 1. The summed E-state index contributed by atoms with van der Waals surface area (Å²) in [6.45, 7) is 1.90. The van der Waals surface area contributed by atoms with Crippen LogP contribution in [-0.2, 0) is 4.79 Å². The van der Waals surface area contributed by atoms with Gasteiger partial charge in [0.15, 0.2) is 17.5 Å². The Bertz CT molecular complexity index is 1340. The van der Waals surface area contributed by atoms with Gasteiger partial charge in [0.25, 0.3) is 5.91 Å². The number of rotatable bonds is 4. The third-order valence-corrected chi connectivity index (χ3v) is 6.55. The van der Waals surface area contributed by atoms with E-state index < -0.39 is 23.5 Å². The molecule has 180 valence electrons. The Hall–Kier alpha value is -3.81. The third-order valence-electron chi connectivity index (χ3n) is 6.55. The van der Waals surface area contributed by atoms with Crippen molar-refractivity contribution in [3.05, 3.63) is 94.9 Å². The number of carbonyl (C=O) groups excluding carboxylic acids is 1. The lowest BCUT2D eigenvalue weighted by Gasteiger charge is -2.43. The predicted octanol–water partition coefficient (Wildman–Crippen LogP) is 5.68. The number of aromatic nitrogens is 2. The minimum atomic E-state index is -1.51. The van der Waals surface area contributed by atoms with Crippen molar-refractivity contribution in [3.8, 4) is 11.4 Å².